The minimum atomic E-state index is -0.802. The number of halogens is 1. The van der Waals surface area contributed by atoms with Crippen LogP contribution in [0, 0.1) is 15.9 Å². The monoisotopic (exact) mass is 382 g/mol. The Kier molecular flexibility index (Phi) is 5.40. The number of hydrazine groups is 1. The van der Waals surface area contributed by atoms with Gasteiger partial charge in [0.2, 0.25) is 11.6 Å². The number of anilines is 3. The van der Waals surface area contributed by atoms with E-state index in [4.69, 9.17) is 0 Å². The van der Waals surface area contributed by atoms with E-state index >= 15 is 0 Å². The van der Waals surface area contributed by atoms with Gasteiger partial charge in [0, 0.05) is 12.7 Å². The van der Waals surface area contributed by atoms with Gasteiger partial charge in [0.1, 0.15) is 12.1 Å². The molecule has 0 bridgehead atoms. The van der Waals surface area contributed by atoms with Crippen LogP contribution >= 0.6 is 0 Å². The number of para-hydroxylation sites is 1. The molecule has 3 aromatic rings. The third-order valence-electron chi connectivity index (χ3n) is 3.86. The average Bonchev–Trinajstić information content (AvgIpc) is 2.72. The molecule has 28 heavy (non-hydrogen) atoms. The van der Waals surface area contributed by atoms with Crippen molar-refractivity contribution in [1.82, 2.24) is 15.4 Å². The SMILES string of the molecule is CN(c1ccccc1)c1ncnc(NNC(=O)c2ccccc2F)c1[N+](=O)[O-]. The summed E-state index contributed by atoms with van der Waals surface area (Å²) in [6.07, 6.45) is 1.12. The summed E-state index contributed by atoms with van der Waals surface area (Å²) in [5, 5.41) is 11.6. The number of hydrogen-bond acceptors (Lipinski definition) is 7. The Labute approximate surface area is 159 Å². The van der Waals surface area contributed by atoms with E-state index in [1.807, 2.05) is 6.07 Å². The molecule has 142 valence electrons. The van der Waals surface area contributed by atoms with Crippen LogP contribution in [0.1, 0.15) is 10.4 Å². The number of nitro groups is 1. The van der Waals surface area contributed by atoms with E-state index < -0.39 is 22.3 Å². The molecule has 0 fully saturated rings. The van der Waals surface area contributed by atoms with E-state index in [0.29, 0.717) is 5.69 Å². The largest absolute Gasteiger partial charge is 0.355 e. The predicted octanol–water partition coefficient (Wildman–Crippen LogP) is 3.05. The number of carbonyl (C=O) groups excluding carboxylic acids is 1. The Morgan fingerprint density at radius 2 is 1.79 bits per heavy atom. The van der Waals surface area contributed by atoms with Gasteiger partial charge >= 0.3 is 5.69 Å². The van der Waals surface area contributed by atoms with Gasteiger partial charge in [-0.3, -0.25) is 25.8 Å². The molecular formula is C18H15FN6O3. The van der Waals surface area contributed by atoms with E-state index in [1.165, 1.54) is 23.1 Å². The topological polar surface area (TPSA) is 113 Å². The van der Waals surface area contributed by atoms with E-state index in [0.717, 1.165) is 12.4 Å². The van der Waals surface area contributed by atoms with Crippen LogP contribution in [0.25, 0.3) is 0 Å². The Morgan fingerprint density at radius 1 is 1.11 bits per heavy atom. The van der Waals surface area contributed by atoms with E-state index in [2.05, 4.69) is 20.8 Å². The molecule has 3 rings (SSSR count). The van der Waals surface area contributed by atoms with Crippen molar-refractivity contribution in [1.29, 1.82) is 0 Å². The van der Waals surface area contributed by atoms with Gasteiger partial charge in [-0.15, -0.1) is 0 Å². The van der Waals surface area contributed by atoms with Gasteiger partial charge in [-0.2, -0.15) is 0 Å². The van der Waals surface area contributed by atoms with Crippen LogP contribution < -0.4 is 15.8 Å². The van der Waals surface area contributed by atoms with Crippen LogP contribution in [0.5, 0.6) is 0 Å². The number of carbonyl (C=O) groups is 1. The molecule has 9 nitrogen and oxygen atoms in total. The van der Waals surface area contributed by atoms with Gasteiger partial charge in [-0.25, -0.2) is 14.4 Å². The molecule has 1 heterocycles. The normalized spacial score (nSPS) is 10.2. The number of nitrogens with one attached hydrogen (secondary N) is 2. The maximum atomic E-state index is 13.7. The second-order valence-electron chi connectivity index (χ2n) is 5.61. The molecule has 0 saturated carbocycles. The summed E-state index contributed by atoms with van der Waals surface area (Å²) in [4.78, 5) is 32.4. The molecule has 0 aliphatic rings. The number of benzene rings is 2. The summed E-state index contributed by atoms with van der Waals surface area (Å²) in [6.45, 7) is 0. The van der Waals surface area contributed by atoms with Gasteiger partial charge in [-0.1, -0.05) is 30.3 Å². The molecular weight excluding hydrogens is 367 g/mol. The quantitative estimate of drug-likeness (QED) is 0.497. The number of rotatable bonds is 6. The first-order valence-electron chi connectivity index (χ1n) is 8.08. The Hall–Kier alpha value is -4.08. The van der Waals surface area contributed by atoms with Crippen LogP contribution in [0.15, 0.2) is 60.9 Å². The molecule has 10 heteroatoms. The van der Waals surface area contributed by atoms with Crippen LogP contribution in [0.4, 0.5) is 27.4 Å². The fraction of sp³-hybridized carbons (Fsp3) is 0.0556. The highest BCUT2D eigenvalue weighted by Crippen LogP contribution is 2.34. The second-order valence-corrected chi connectivity index (χ2v) is 5.61. The number of nitrogens with zero attached hydrogens (tertiary/aromatic N) is 4. The van der Waals surface area contributed by atoms with Crippen molar-refractivity contribution in [2.45, 2.75) is 0 Å². The molecule has 0 aliphatic carbocycles. The highest BCUT2D eigenvalue weighted by Gasteiger charge is 2.26. The zero-order valence-electron chi connectivity index (χ0n) is 14.7. The van der Waals surface area contributed by atoms with E-state index in [1.54, 1.807) is 31.3 Å². The molecule has 0 radical (unpaired) electrons. The summed E-state index contributed by atoms with van der Waals surface area (Å²) >= 11 is 0. The number of aromatic nitrogens is 2. The van der Waals surface area contributed by atoms with Gasteiger partial charge in [0.25, 0.3) is 5.91 Å². The minimum Gasteiger partial charge on any atom is -0.324 e. The van der Waals surface area contributed by atoms with Crippen molar-refractivity contribution in [3.63, 3.8) is 0 Å². The van der Waals surface area contributed by atoms with E-state index in [-0.39, 0.29) is 17.2 Å². The average molecular weight is 382 g/mol. The first-order chi connectivity index (χ1) is 13.5. The van der Waals surface area contributed by atoms with Crippen molar-refractivity contribution in [2.75, 3.05) is 17.4 Å². The van der Waals surface area contributed by atoms with Gasteiger partial charge in [0.15, 0.2) is 0 Å². The first kappa shape index (κ1) is 18.7. The fourth-order valence-corrected chi connectivity index (χ4v) is 2.48. The maximum Gasteiger partial charge on any atom is 0.355 e. The Bertz CT molecular complexity index is 1020. The zero-order chi connectivity index (χ0) is 20.1. The molecule has 1 aromatic heterocycles. The Balaban J connectivity index is 1.89. The summed E-state index contributed by atoms with van der Waals surface area (Å²) in [7, 11) is 1.62. The first-order valence-corrected chi connectivity index (χ1v) is 8.08. The summed E-state index contributed by atoms with van der Waals surface area (Å²) < 4.78 is 13.7. The van der Waals surface area contributed by atoms with Crippen LogP contribution in [0.3, 0.4) is 0 Å². The molecule has 0 atom stereocenters. The van der Waals surface area contributed by atoms with Gasteiger partial charge < -0.3 is 4.90 Å². The molecule has 2 N–H and O–H groups in total. The third-order valence-corrected chi connectivity index (χ3v) is 3.86. The molecule has 1 amide bonds. The molecule has 0 aliphatic heterocycles. The standard InChI is InChI=1S/C18H15FN6O3/c1-24(12-7-3-2-4-8-12)17-15(25(27)28)16(20-11-21-17)22-23-18(26)13-9-5-6-10-14(13)19/h2-11H,1H3,(H,23,26)(H,20,21,22). The van der Waals surface area contributed by atoms with Crippen molar-refractivity contribution < 1.29 is 14.1 Å². The molecule has 2 aromatic carbocycles. The molecule has 0 unspecified atom stereocenters. The van der Waals surface area contributed by atoms with Crippen LogP contribution in [-0.4, -0.2) is 27.8 Å². The van der Waals surface area contributed by atoms with Crippen molar-refractivity contribution >= 4 is 28.9 Å². The highest BCUT2D eigenvalue weighted by atomic mass is 19.1. The lowest BCUT2D eigenvalue weighted by atomic mass is 10.2. The van der Waals surface area contributed by atoms with Gasteiger partial charge in [0.05, 0.1) is 10.5 Å². The summed E-state index contributed by atoms with van der Waals surface area (Å²) in [5.41, 5.74) is 4.61. The van der Waals surface area contributed by atoms with E-state index in [9.17, 15) is 19.3 Å². The summed E-state index contributed by atoms with van der Waals surface area (Å²) in [5.74, 6) is -1.73. The molecule has 0 saturated heterocycles. The third kappa shape index (κ3) is 3.85. The minimum absolute atomic E-state index is 0.0221. The lowest BCUT2D eigenvalue weighted by Crippen LogP contribution is -2.31. The number of hydrogen-bond donors (Lipinski definition) is 2. The number of amides is 1. The van der Waals surface area contributed by atoms with Gasteiger partial charge in [-0.05, 0) is 24.3 Å². The van der Waals surface area contributed by atoms with Crippen molar-refractivity contribution in [3.05, 3.63) is 82.4 Å². The lowest BCUT2D eigenvalue weighted by Gasteiger charge is -2.19. The summed E-state index contributed by atoms with van der Waals surface area (Å²) in [6, 6.07) is 14.3. The van der Waals surface area contributed by atoms with Crippen LogP contribution in [0.2, 0.25) is 0 Å². The van der Waals surface area contributed by atoms with Crippen LogP contribution in [-0.2, 0) is 0 Å². The highest BCUT2D eigenvalue weighted by molar-refractivity contribution is 5.95. The maximum absolute atomic E-state index is 13.7. The second kappa shape index (κ2) is 8.08. The zero-order valence-corrected chi connectivity index (χ0v) is 14.7. The molecule has 0 spiro atoms. The van der Waals surface area contributed by atoms with Crippen molar-refractivity contribution in [3.8, 4) is 0 Å². The fourth-order valence-electron chi connectivity index (χ4n) is 2.48. The predicted molar refractivity (Wildman–Crippen MR) is 101 cm³/mol. The smallest absolute Gasteiger partial charge is 0.324 e. The Morgan fingerprint density at radius 3 is 2.46 bits per heavy atom. The van der Waals surface area contributed by atoms with Crippen molar-refractivity contribution in [2.24, 2.45) is 0 Å². The lowest BCUT2D eigenvalue weighted by molar-refractivity contribution is -0.383.